The summed E-state index contributed by atoms with van der Waals surface area (Å²) in [5.74, 6) is 0.813. The molecule has 0 bridgehead atoms. The number of aromatic nitrogens is 2. The van der Waals surface area contributed by atoms with Gasteiger partial charge in [0.15, 0.2) is 0 Å². The minimum Gasteiger partial charge on any atom is -0.486 e. The Bertz CT molecular complexity index is 956. The second-order valence-electron chi connectivity index (χ2n) is 6.32. The van der Waals surface area contributed by atoms with Crippen molar-refractivity contribution in [3.05, 3.63) is 60.4 Å². The molecule has 0 fully saturated rings. The highest BCUT2D eigenvalue weighted by molar-refractivity contribution is 5.85. The van der Waals surface area contributed by atoms with Crippen LogP contribution >= 0.6 is 0 Å². The molecule has 0 aliphatic carbocycles. The molecule has 0 atom stereocenters. The number of carbonyl (C=O) groups is 2. The molecular weight excluding hydrogens is 372 g/mol. The highest BCUT2D eigenvalue weighted by Crippen LogP contribution is 2.18. The summed E-state index contributed by atoms with van der Waals surface area (Å²) < 4.78 is 12.5. The van der Waals surface area contributed by atoms with E-state index in [9.17, 15) is 9.59 Å². The monoisotopic (exact) mass is 396 g/mol. The second-order valence-corrected chi connectivity index (χ2v) is 6.32. The van der Waals surface area contributed by atoms with Crippen molar-refractivity contribution in [1.82, 2.24) is 20.2 Å². The van der Waals surface area contributed by atoms with Crippen LogP contribution in [0.25, 0.3) is 11.0 Å². The maximum absolute atomic E-state index is 12.4. The smallest absolute Gasteiger partial charge is 0.240 e. The van der Waals surface area contributed by atoms with Crippen LogP contribution in [0, 0.1) is 0 Å². The third kappa shape index (κ3) is 5.79. The highest BCUT2D eigenvalue weighted by atomic mass is 16.5. The number of methoxy groups -OCH3 is 1. The van der Waals surface area contributed by atoms with Crippen molar-refractivity contribution >= 4 is 22.8 Å². The lowest BCUT2D eigenvalue weighted by molar-refractivity contribution is -0.126. The van der Waals surface area contributed by atoms with E-state index in [1.807, 2.05) is 54.6 Å². The van der Waals surface area contributed by atoms with E-state index in [1.165, 1.54) is 0 Å². The standard InChI is InChI=1S/C21H24N4O4/c1-28-12-11-22-20(26)13-23-21(27)14-25-18-10-6-5-9-17(18)24-19(25)15-29-16-7-3-2-4-8-16/h2-10H,11-15H2,1H3,(H,22,26)(H,23,27). The Labute approximate surface area is 168 Å². The van der Waals surface area contributed by atoms with E-state index in [4.69, 9.17) is 9.47 Å². The number of para-hydroxylation sites is 3. The maximum atomic E-state index is 12.4. The number of ether oxygens (including phenoxy) is 2. The van der Waals surface area contributed by atoms with E-state index in [0.29, 0.717) is 19.0 Å². The van der Waals surface area contributed by atoms with Crippen molar-refractivity contribution in [2.75, 3.05) is 26.8 Å². The summed E-state index contributed by atoms with van der Waals surface area (Å²) in [6, 6.07) is 17.0. The average molecular weight is 396 g/mol. The lowest BCUT2D eigenvalue weighted by atomic mass is 10.3. The summed E-state index contributed by atoms with van der Waals surface area (Å²) in [7, 11) is 1.56. The lowest BCUT2D eigenvalue weighted by Crippen LogP contribution is -2.39. The predicted octanol–water partition coefficient (Wildman–Crippen LogP) is 1.49. The van der Waals surface area contributed by atoms with E-state index in [0.717, 1.165) is 16.8 Å². The van der Waals surface area contributed by atoms with Gasteiger partial charge in [-0.3, -0.25) is 9.59 Å². The molecule has 1 heterocycles. The van der Waals surface area contributed by atoms with Gasteiger partial charge in [-0.05, 0) is 24.3 Å². The molecular formula is C21H24N4O4. The molecule has 0 spiro atoms. The van der Waals surface area contributed by atoms with Crippen LogP contribution < -0.4 is 15.4 Å². The minimum atomic E-state index is -0.281. The first-order chi connectivity index (χ1) is 14.2. The van der Waals surface area contributed by atoms with E-state index in [1.54, 1.807) is 11.7 Å². The van der Waals surface area contributed by atoms with Gasteiger partial charge in [0, 0.05) is 13.7 Å². The third-order valence-electron chi connectivity index (χ3n) is 4.22. The first-order valence-electron chi connectivity index (χ1n) is 9.31. The van der Waals surface area contributed by atoms with Gasteiger partial charge in [0.05, 0.1) is 24.2 Å². The Morgan fingerprint density at radius 1 is 1.00 bits per heavy atom. The van der Waals surface area contributed by atoms with Crippen molar-refractivity contribution in [3.63, 3.8) is 0 Å². The molecule has 3 rings (SSSR count). The topological polar surface area (TPSA) is 94.5 Å². The Kier molecular flexibility index (Phi) is 7.18. The fourth-order valence-electron chi connectivity index (χ4n) is 2.81. The summed E-state index contributed by atoms with van der Waals surface area (Å²) >= 11 is 0. The van der Waals surface area contributed by atoms with Crippen LogP contribution in [0.2, 0.25) is 0 Å². The molecule has 2 N–H and O–H groups in total. The SMILES string of the molecule is COCCNC(=O)CNC(=O)Cn1c(COc2ccccc2)nc2ccccc21. The first-order valence-corrected chi connectivity index (χ1v) is 9.31. The Morgan fingerprint density at radius 3 is 2.55 bits per heavy atom. The summed E-state index contributed by atoms with van der Waals surface area (Å²) in [4.78, 5) is 28.7. The molecule has 2 amide bonds. The molecule has 8 nitrogen and oxygen atoms in total. The van der Waals surface area contributed by atoms with Crippen molar-refractivity contribution in [1.29, 1.82) is 0 Å². The molecule has 0 unspecified atom stereocenters. The van der Waals surface area contributed by atoms with E-state index < -0.39 is 0 Å². The number of nitrogens with one attached hydrogen (secondary N) is 2. The van der Waals surface area contributed by atoms with Crippen LogP contribution in [-0.2, 0) is 27.5 Å². The van der Waals surface area contributed by atoms with Gasteiger partial charge in [-0.15, -0.1) is 0 Å². The Morgan fingerprint density at radius 2 is 1.76 bits per heavy atom. The van der Waals surface area contributed by atoms with Crippen molar-refractivity contribution in [3.8, 4) is 5.75 Å². The summed E-state index contributed by atoms with van der Waals surface area (Å²) in [5, 5.41) is 5.29. The molecule has 0 aliphatic rings. The van der Waals surface area contributed by atoms with Crippen LogP contribution in [0.3, 0.4) is 0 Å². The first kappa shape index (κ1) is 20.3. The highest BCUT2D eigenvalue weighted by Gasteiger charge is 2.14. The molecule has 2 aromatic carbocycles. The summed E-state index contributed by atoms with van der Waals surface area (Å²) in [5.41, 5.74) is 1.61. The number of hydrogen-bond acceptors (Lipinski definition) is 5. The van der Waals surface area contributed by atoms with Crippen molar-refractivity contribution < 1.29 is 19.1 Å². The Balaban J connectivity index is 1.65. The van der Waals surface area contributed by atoms with Crippen molar-refractivity contribution in [2.24, 2.45) is 0 Å². The Hall–Kier alpha value is -3.39. The number of fused-ring (bicyclic) bond motifs is 1. The second kappa shape index (κ2) is 10.2. The quantitative estimate of drug-likeness (QED) is 0.507. The van der Waals surface area contributed by atoms with Crippen LogP contribution in [0.1, 0.15) is 5.82 Å². The van der Waals surface area contributed by atoms with E-state index in [2.05, 4.69) is 15.6 Å². The molecule has 152 valence electrons. The van der Waals surface area contributed by atoms with Gasteiger partial charge < -0.3 is 24.7 Å². The number of nitrogens with zero attached hydrogens (tertiary/aromatic N) is 2. The number of imidazole rings is 1. The molecule has 0 radical (unpaired) electrons. The number of amides is 2. The molecule has 1 aromatic heterocycles. The zero-order chi connectivity index (χ0) is 20.5. The average Bonchev–Trinajstić information content (AvgIpc) is 3.09. The number of carbonyl (C=O) groups excluding carboxylic acids is 2. The van der Waals surface area contributed by atoms with Crippen LogP contribution in [0.5, 0.6) is 5.75 Å². The minimum absolute atomic E-state index is 0.0410. The largest absolute Gasteiger partial charge is 0.486 e. The van der Waals surface area contributed by atoms with Gasteiger partial charge in [0.25, 0.3) is 0 Å². The van der Waals surface area contributed by atoms with Crippen LogP contribution in [0.4, 0.5) is 0 Å². The van der Waals surface area contributed by atoms with E-state index >= 15 is 0 Å². The zero-order valence-electron chi connectivity index (χ0n) is 16.3. The van der Waals surface area contributed by atoms with Crippen molar-refractivity contribution in [2.45, 2.75) is 13.2 Å². The van der Waals surface area contributed by atoms with Gasteiger partial charge in [0.1, 0.15) is 24.7 Å². The normalized spacial score (nSPS) is 10.7. The predicted molar refractivity (Wildman–Crippen MR) is 108 cm³/mol. The molecule has 29 heavy (non-hydrogen) atoms. The van der Waals surface area contributed by atoms with E-state index in [-0.39, 0.29) is 31.5 Å². The maximum Gasteiger partial charge on any atom is 0.240 e. The number of hydrogen-bond donors (Lipinski definition) is 2. The fraction of sp³-hybridized carbons (Fsp3) is 0.286. The summed E-state index contributed by atoms with van der Waals surface area (Å²) in [6.45, 7) is 0.998. The zero-order valence-corrected chi connectivity index (χ0v) is 16.3. The van der Waals surface area contributed by atoms with Gasteiger partial charge in [0.2, 0.25) is 11.8 Å². The number of rotatable bonds is 10. The summed E-state index contributed by atoms with van der Waals surface area (Å²) in [6.07, 6.45) is 0. The molecule has 3 aromatic rings. The van der Waals surface area contributed by atoms with Crippen LogP contribution in [0.15, 0.2) is 54.6 Å². The van der Waals surface area contributed by atoms with Gasteiger partial charge >= 0.3 is 0 Å². The van der Waals surface area contributed by atoms with Crippen LogP contribution in [-0.4, -0.2) is 48.2 Å². The van der Waals surface area contributed by atoms with Gasteiger partial charge in [-0.2, -0.15) is 0 Å². The molecule has 0 saturated heterocycles. The lowest BCUT2D eigenvalue weighted by Gasteiger charge is -2.11. The molecule has 0 aliphatic heterocycles. The van der Waals surface area contributed by atoms with Gasteiger partial charge in [-0.1, -0.05) is 30.3 Å². The third-order valence-corrected chi connectivity index (χ3v) is 4.22. The number of benzene rings is 2. The molecule has 8 heteroatoms. The fourth-order valence-corrected chi connectivity index (χ4v) is 2.81. The van der Waals surface area contributed by atoms with Gasteiger partial charge in [-0.25, -0.2) is 4.98 Å². The molecule has 0 saturated carbocycles.